The Hall–Kier alpha value is -5.46. The fraction of sp³-hybridized carbons (Fsp3) is 0.323. The summed E-state index contributed by atoms with van der Waals surface area (Å²) < 4.78 is 0. The first-order valence-electron chi connectivity index (χ1n) is 24.3. The largest absolute Gasteiger partial charge is 0.0619 e. The first-order chi connectivity index (χ1) is 30.5. The van der Waals surface area contributed by atoms with Gasteiger partial charge in [0.05, 0.1) is 0 Å². The van der Waals surface area contributed by atoms with Crippen molar-refractivity contribution in [1.82, 2.24) is 0 Å². The van der Waals surface area contributed by atoms with Crippen LogP contribution >= 0.6 is 0 Å². The zero-order chi connectivity index (χ0) is 41.7. The number of hydrogen-bond donors (Lipinski definition) is 0. The van der Waals surface area contributed by atoms with E-state index < -0.39 is 0 Å². The molecular weight excluding hydrogens is 745 g/mol. The molecule has 0 heteroatoms. The average Bonchev–Trinajstić information content (AvgIpc) is 3.73. The maximum Gasteiger partial charge on any atom is 0.0463 e. The van der Waals surface area contributed by atoms with E-state index in [9.17, 15) is 0 Å². The summed E-state index contributed by atoms with van der Waals surface area (Å²) in [7, 11) is 0. The van der Waals surface area contributed by atoms with Crippen molar-refractivity contribution in [1.29, 1.82) is 0 Å². The van der Waals surface area contributed by atoms with Gasteiger partial charge < -0.3 is 0 Å². The molecule has 7 aromatic carbocycles. The molecule has 4 aliphatic rings. The summed E-state index contributed by atoms with van der Waals surface area (Å²) in [4.78, 5) is 0. The second-order valence-corrected chi connectivity index (χ2v) is 19.5. The van der Waals surface area contributed by atoms with Gasteiger partial charge in [0.25, 0.3) is 0 Å². The number of hydrogen-bond acceptors (Lipinski definition) is 0. The molecule has 0 bridgehead atoms. The molecule has 0 N–H and O–H groups in total. The number of fused-ring (bicyclic) bond motifs is 8. The Morgan fingerprint density at radius 1 is 0.339 bits per heavy atom. The molecule has 0 unspecified atom stereocenters. The molecule has 0 atom stereocenters. The number of benzene rings is 7. The smallest absolute Gasteiger partial charge is 0.0463 e. The van der Waals surface area contributed by atoms with Crippen LogP contribution in [-0.4, -0.2) is 0 Å². The van der Waals surface area contributed by atoms with Crippen LogP contribution in [0.3, 0.4) is 0 Å². The molecule has 310 valence electrons. The lowest BCUT2D eigenvalue weighted by Crippen LogP contribution is -2.28. The summed E-state index contributed by atoms with van der Waals surface area (Å²) in [5.74, 6) is 0. The Morgan fingerprint density at radius 3 is 1.02 bits per heavy atom. The van der Waals surface area contributed by atoms with E-state index in [1.54, 1.807) is 33.4 Å². The van der Waals surface area contributed by atoms with E-state index in [-0.39, 0.29) is 10.8 Å². The molecule has 4 aliphatic carbocycles. The van der Waals surface area contributed by atoms with Crippen LogP contribution in [0.5, 0.6) is 0 Å². The second-order valence-electron chi connectivity index (χ2n) is 19.5. The summed E-state index contributed by atoms with van der Waals surface area (Å²) in [6.45, 7) is 4.72. The van der Waals surface area contributed by atoms with Gasteiger partial charge in [0.2, 0.25) is 0 Å². The number of rotatable bonds is 16. The van der Waals surface area contributed by atoms with Gasteiger partial charge in [-0.05, 0) is 178 Å². The Kier molecular flexibility index (Phi) is 10.4. The third kappa shape index (κ3) is 6.55. The fourth-order valence-electron chi connectivity index (χ4n) is 12.6. The molecule has 0 spiro atoms. The highest BCUT2D eigenvalue weighted by molar-refractivity contribution is 5.84. The van der Waals surface area contributed by atoms with E-state index in [2.05, 4.69) is 159 Å². The van der Waals surface area contributed by atoms with E-state index in [0.29, 0.717) is 0 Å². The highest BCUT2D eigenvalue weighted by atomic mass is 14.5. The summed E-state index contributed by atoms with van der Waals surface area (Å²) in [5, 5.41) is 0. The molecule has 62 heavy (non-hydrogen) atoms. The summed E-state index contributed by atoms with van der Waals surface area (Å²) in [5.41, 5.74) is 27.0. The van der Waals surface area contributed by atoms with E-state index in [4.69, 9.17) is 0 Å². The Balaban J connectivity index is 0.698. The minimum atomic E-state index is -0.0550. The van der Waals surface area contributed by atoms with E-state index >= 15 is 0 Å². The highest BCUT2D eigenvalue weighted by Crippen LogP contribution is 2.57. The van der Waals surface area contributed by atoms with E-state index in [1.807, 2.05) is 0 Å². The van der Waals surface area contributed by atoms with Crippen LogP contribution < -0.4 is 0 Å². The molecule has 0 nitrogen and oxygen atoms in total. The van der Waals surface area contributed by atoms with E-state index in [1.165, 1.54) is 169 Å². The predicted octanol–water partition coefficient (Wildman–Crippen LogP) is 15.5. The van der Waals surface area contributed by atoms with Crippen LogP contribution in [0.2, 0.25) is 0 Å². The molecule has 0 fully saturated rings. The first-order valence-corrected chi connectivity index (χ1v) is 24.3. The van der Waals surface area contributed by atoms with Crippen molar-refractivity contribution in [3.8, 4) is 22.3 Å². The fourth-order valence-corrected chi connectivity index (χ4v) is 12.6. The minimum absolute atomic E-state index is 0.0550. The van der Waals surface area contributed by atoms with Gasteiger partial charge >= 0.3 is 0 Å². The molecule has 0 aromatic heterocycles. The van der Waals surface area contributed by atoms with E-state index in [0.717, 1.165) is 0 Å². The van der Waals surface area contributed by atoms with Gasteiger partial charge in [-0.15, -0.1) is 0 Å². The van der Waals surface area contributed by atoms with Crippen molar-refractivity contribution in [2.45, 2.75) is 127 Å². The second kappa shape index (κ2) is 16.3. The van der Waals surface area contributed by atoms with Gasteiger partial charge in [-0.2, -0.15) is 0 Å². The van der Waals surface area contributed by atoms with Crippen molar-refractivity contribution in [2.75, 3.05) is 0 Å². The molecule has 0 amide bonds. The van der Waals surface area contributed by atoms with Crippen LogP contribution in [0.1, 0.15) is 142 Å². The Labute approximate surface area is 371 Å². The topological polar surface area (TPSA) is 0 Å². The maximum atomic E-state index is 2.56. The van der Waals surface area contributed by atoms with Crippen molar-refractivity contribution in [3.63, 3.8) is 0 Å². The van der Waals surface area contributed by atoms with Crippen LogP contribution in [0.15, 0.2) is 146 Å². The van der Waals surface area contributed by atoms with Crippen molar-refractivity contribution in [2.24, 2.45) is 0 Å². The number of unbranched alkanes of at least 4 members (excludes halogenated alkanes) is 6. The van der Waals surface area contributed by atoms with Gasteiger partial charge in [-0.25, -0.2) is 0 Å². The number of aryl methyl sites for hydroxylation is 8. The zero-order valence-electron chi connectivity index (χ0n) is 37.2. The molecule has 0 saturated carbocycles. The summed E-state index contributed by atoms with van der Waals surface area (Å²) in [6.07, 6.45) is 19.8. The first kappa shape index (κ1) is 39.4. The monoisotopic (exact) mass is 806 g/mol. The molecule has 0 saturated heterocycles. The summed E-state index contributed by atoms with van der Waals surface area (Å²) in [6, 6.07) is 57.0. The van der Waals surface area contributed by atoms with Crippen LogP contribution in [0.25, 0.3) is 22.3 Å². The molecule has 0 radical (unpaired) electrons. The van der Waals surface area contributed by atoms with Crippen LogP contribution in [0, 0.1) is 13.8 Å². The third-order valence-electron chi connectivity index (χ3n) is 16.1. The highest BCUT2D eigenvalue weighted by Gasteiger charge is 2.45. The Bertz CT molecular complexity index is 2510. The van der Waals surface area contributed by atoms with Gasteiger partial charge in [0.15, 0.2) is 0 Å². The zero-order valence-corrected chi connectivity index (χ0v) is 37.2. The van der Waals surface area contributed by atoms with Crippen molar-refractivity contribution in [3.05, 3.63) is 223 Å². The van der Waals surface area contributed by atoms with Gasteiger partial charge in [0.1, 0.15) is 0 Å². The average molecular weight is 807 g/mol. The lowest BCUT2D eigenvalue weighted by molar-refractivity contribution is 0.510. The third-order valence-corrected chi connectivity index (χ3v) is 16.1. The molecule has 7 aromatic rings. The summed E-state index contributed by atoms with van der Waals surface area (Å²) >= 11 is 0. The van der Waals surface area contributed by atoms with Crippen LogP contribution in [-0.2, 0) is 49.4 Å². The van der Waals surface area contributed by atoms with Gasteiger partial charge in [-0.3, -0.25) is 0 Å². The standard InChI is InChI=1S/C62H62/c1-43-39-48(20-8-4-6-18-38-62(52-36-34-46-30-32-50(46)42-52)59-27-15-11-23-55(59)56-24-12-16-28-60(56)62)44(2)40-47(43)19-7-3-5-17-37-61(51-35-33-45-29-31-49(45)41-51)57-25-13-9-21-53(57)54-22-10-14-26-58(54)61/h9-16,21-28,33-36,39-42H,3-8,17-20,29-32,37-38H2,1-2H3. The van der Waals surface area contributed by atoms with Crippen LogP contribution in [0.4, 0.5) is 0 Å². The normalized spacial score (nSPS) is 15.4. The Morgan fingerprint density at radius 2 is 0.677 bits per heavy atom. The van der Waals surface area contributed by atoms with Gasteiger partial charge in [-0.1, -0.05) is 184 Å². The predicted molar refractivity (Wildman–Crippen MR) is 261 cm³/mol. The molecule has 0 aliphatic heterocycles. The molecule has 11 rings (SSSR count). The van der Waals surface area contributed by atoms with Crippen molar-refractivity contribution < 1.29 is 0 Å². The quantitative estimate of drug-likeness (QED) is 0.0854. The SMILES string of the molecule is Cc1cc(CCCCCCC2(c3ccc4c(c3)CC4)c3ccccc3-c3ccccc32)c(C)cc1CCCCCCC1(c2ccc3c(c2)CC3)c2ccccc2-c2ccccc21. The van der Waals surface area contributed by atoms with Crippen molar-refractivity contribution >= 4 is 0 Å². The molecule has 0 heterocycles. The lowest BCUT2D eigenvalue weighted by Gasteiger charge is -2.35. The lowest BCUT2D eigenvalue weighted by atomic mass is 9.68. The molecular formula is C62H62. The van der Waals surface area contributed by atoms with Gasteiger partial charge in [0, 0.05) is 10.8 Å². The maximum absolute atomic E-state index is 2.56. The minimum Gasteiger partial charge on any atom is -0.0619 e.